The first-order chi connectivity index (χ1) is 2.27. The minimum absolute atomic E-state index is 0. The summed E-state index contributed by atoms with van der Waals surface area (Å²) in [6.45, 7) is 0.986. The molecule has 0 saturated heterocycles. The largest absolute Gasteiger partial charge is 1.00 e. The Morgan fingerprint density at radius 3 is 2.17 bits per heavy atom. The SMILES string of the molecule is CC(=O)OF.[Cs+].[H-]. The smallest absolute Gasteiger partial charge is 1.00 e. The fraction of sp³-hybridized carbons (Fsp3) is 0.500. The molecule has 2 nitrogen and oxygen atoms in total. The number of carbonyl (C=O) groups is 1. The van der Waals surface area contributed by atoms with Crippen LogP contribution in [0.4, 0.5) is 4.53 Å². The van der Waals surface area contributed by atoms with E-state index in [0.29, 0.717) is 0 Å². The van der Waals surface area contributed by atoms with Crippen molar-refractivity contribution in [3.8, 4) is 0 Å². The summed E-state index contributed by atoms with van der Waals surface area (Å²) in [5, 5.41) is 0. The molecular weight excluding hydrogens is 208 g/mol. The molecule has 0 aromatic heterocycles. The third-order valence-electron chi connectivity index (χ3n) is 0.109. The maximum Gasteiger partial charge on any atom is 1.00 e. The van der Waals surface area contributed by atoms with Crippen LogP contribution in [0, 0.1) is 0 Å². The fourth-order valence-electron chi connectivity index (χ4n) is 0. The van der Waals surface area contributed by atoms with Gasteiger partial charge in [-0.1, -0.05) is 0 Å². The Bertz CT molecular complexity index is 51.0. The third kappa shape index (κ3) is 9.07. The van der Waals surface area contributed by atoms with Gasteiger partial charge < -0.3 is 1.43 Å². The predicted octanol–water partition coefficient (Wildman–Crippen LogP) is -2.45. The van der Waals surface area contributed by atoms with Crippen LogP contribution in [0.15, 0.2) is 0 Å². The molecule has 0 amide bonds. The molecule has 0 atom stereocenters. The predicted molar refractivity (Wildman–Crippen MR) is 14.0 cm³/mol. The molecule has 0 radical (unpaired) electrons. The van der Waals surface area contributed by atoms with Gasteiger partial charge in [0.05, 0.1) is 0 Å². The van der Waals surface area contributed by atoms with Crippen molar-refractivity contribution < 1.29 is 84.6 Å². The number of hydrogen-bond donors (Lipinski definition) is 0. The second kappa shape index (κ2) is 6.45. The van der Waals surface area contributed by atoms with Crippen molar-refractivity contribution in [2.24, 2.45) is 0 Å². The van der Waals surface area contributed by atoms with Crippen LogP contribution < -0.4 is 68.9 Å². The van der Waals surface area contributed by atoms with E-state index in [1.807, 2.05) is 0 Å². The van der Waals surface area contributed by atoms with Crippen LogP contribution in [0.5, 0.6) is 0 Å². The van der Waals surface area contributed by atoms with E-state index in [0.717, 1.165) is 6.92 Å². The molecule has 4 heteroatoms. The zero-order valence-electron chi connectivity index (χ0n) is 4.69. The Morgan fingerprint density at radius 1 is 2.00 bits per heavy atom. The Morgan fingerprint density at radius 2 is 2.17 bits per heavy atom. The molecule has 0 spiro atoms. The second-order valence-corrected chi connectivity index (χ2v) is 0.569. The molecule has 0 bridgehead atoms. The average Bonchev–Trinajstić information content (AvgIpc) is 1.38. The first-order valence-corrected chi connectivity index (χ1v) is 1.06. The molecule has 0 N–H and O–H groups in total. The molecule has 0 unspecified atom stereocenters. The van der Waals surface area contributed by atoms with Gasteiger partial charge >= 0.3 is 74.9 Å². The Labute approximate surface area is 95.2 Å². The first kappa shape index (κ1) is 10.4. The summed E-state index contributed by atoms with van der Waals surface area (Å²) >= 11 is 0. The Kier molecular flexibility index (Phi) is 11.2. The van der Waals surface area contributed by atoms with Crippen LogP contribution in [0.2, 0.25) is 0 Å². The molecule has 32 valence electrons. The topological polar surface area (TPSA) is 26.3 Å². The maximum atomic E-state index is 10.3. The summed E-state index contributed by atoms with van der Waals surface area (Å²) in [4.78, 5) is 11.8. The molecule has 0 aliphatic rings. The van der Waals surface area contributed by atoms with Gasteiger partial charge in [-0.05, 0) is 0 Å². The summed E-state index contributed by atoms with van der Waals surface area (Å²) in [7, 11) is 0. The van der Waals surface area contributed by atoms with Crippen molar-refractivity contribution in [1.82, 2.24) is 0 Å². The minimum atomic E-state index is -0.912. The van der Waals surface area contributed by atoms with Crippen molar-refractivity contribution in [3.63, 3.8) is 0 Å². The van der Waals surface area contributed by atoms with Crippen LogP contribution in [0.25, 0.3) is 0 Å². The van der Waals surface area contributed by atoms with E-state index >= 15 is 0 Å². The normalized spacial score (nSPS) is 5.67. The molecule has 0 aliphatic heterocycles. The summed E-state index contributed by atoms with van der Waals surface area (Å²) in [6.07, 6.45) is 0. The van der Waals surface area contributed by atoms with E-state index in [2.05, 4.69) is 4.94 Å². The quantitative estimate of drug-likeness (QED) is 0.445. The second-order valence-electron chi connectivity index (χ2n) is 0.569. The molecule has 0 rings (SSSR count). The number of rotatable bonds is 0. The van der Waals surface area contributed by atoms with Gasteiger partial charge in [0.1, 0.15) is 0 Å². The Balaban J connectivity index is -0.0000000800. The third-order valence-corrected chi connectivity index (χ3v) is 0.109. The van der Waals surface area contributed by atoms with Gasteiger partial charge in [-0.15, -0.1) is 0 Å². The number of halogens is 1. The van der Waals surface area contributed by atoms with Crippen LogP contribution in [-0.2, 0) is 9.74 Å². The van der Waals surface area contributed by atoms with Gasteiger partial charge in [-0.3, -0.25) is 4.94 Å². The maximum absolute atomic E-state index is 10.3. The van der Waals surface area contributed by atoms with Crippen LogP contribution >= 0.6 is 0 Å². The monoisotopic (exact) mass is 212 g/mol. The van der Waals surface area contributed by atoms with Crippen LogP contribution in [0.1, 0.15) is 8.35 Å². The van der Waals surface area contributed by atoms with Crippen molar-refractivity contribution in [2.45, 2.75) is 6.92 Å². The van der Waals surface area contributed by atoms with Crippen molar-refractivity contribution >= 4 is 5.97 Å². The molecule has 6 heavy (non-hydrogen) atoms. The van der Waals surface area contributed by atoms with Gasteiger partial charge in [-0.2, -0.15) is 0 Å². The van der Waals surface area contributed by atoms with E-state index in [-0.39, 0.29) is 70.3 Å². The number of carbonyl (C=O) groups excluding carboxylic acids is 1. The zero-order chi connectivity index (χ0) is 4.28. The molecule has 0 aliphatic carbocycles. The Hall–Kier alpha value is 1.45. The van der Waals surface area contributed by atoms with Crippen molar-refractivity contribution in [2.75, 3.05) is 0 Å². The molecule has 0 aromatic rings. The van der Waals surface area contributed by atoms with Crippen LogP contribution in [0.3, 0.4) is 0 Å². The minimum Gasteiger partial charge on any atom is -1.00 e. The van der Waals surface area contributed by atoms with E-state index < -0.39 is 5.97 Å². The first-order valence-electron chi connectivity index (χ1n) is 1.06. The van der Waals surface area contributed by atoms with E-state index in [9.17, 15) is 9.32 Å². The fourth-order valence-corrected chi connectivity index (χ4v) is 0. The standard InChI is InChI=1S/C2H3FO2.Cs.H/c1-2(4)5-3;;/h1H3;;/q;+1;-1. The van der Waals surface area contributed by atoms with Gasteiger partial charge in [0.25, 0.3) is 0 Å². The molecule has 0 saturated carbocycles. The summed E-state index contributed by atoms with van der Waals surface area (Å²) in [5.41, 5.74) is 0. The van der Waals surface area contributed by atoms with Gasteiger partial charge in [-0.25, -0.2) is 4.79 Å². The average molecular weight is 212 g/mol. The zero-order valence-corrected chi connectivity index (χ0v) is 9.97. The van der Waals surface area contributed by atoms with Gasteiger partial charge in [0.15, 0.2) is 0 Å². The van der Waals surface area contributed by atoms with Crippen LogP contribution in [-0.4, -0.2) is 5.97 Å². The van der Waals surface area contributed by atoms with E-state index in [1.54, 1.807) is 0 Å². The van der Waals surface area contributed by atoms with Crippen molar-refractivity contribution in [1.29, 1.82) is 0 Å². The van der Waals surface area contributed by atoms with Crippen molar-refractivity contribution in [3.05, 3.63) is 0 Å². The molecular formula is C2H4CsFO2. The summed E-state index contributed by atoms with van der Waals surface area (Å²) in [5.74, 6) is -0.912. The van der Waals surface area contributed by atoms with Gasteiger partial charge in [0.2, 0.25) is 0 Å². The summed E-state index contributed by atoms with van der Waals surface area (Å²) in [6, 6.07) is 0. The van der Waals surface area contributed by atoms with E-state index in [4.69, 9.17) is 0 Å². The molecule has 0 aromatic carbocycles. The molecule has 0 fully saturated rings. The number of hydrogen-bond acceptors (Lipinski definition) is 2. The van der Waals surface area contributed by atoms with E-state index in [1.165, 1.54) is 0 Å². The molecule has 0 heterocycles. The van der Waals surface area contributed by atoms with Gasteiger partial charge in [0, 0.05) is 11.4 Å². The summed E-state index contributed by atoms with van der Waals surface area (Å²) < 4.78 is 10.3.